The lowest BCUT2D eigenvalue weighted by molar-refractivity contribution is -0.164. The molecule has 0 aromatic carbocycles. The van der Waals surface area contributed by atoms with Gasteiger partial charge in [-0.15, -0.1) is 0 Å². The fourth-order valence-electron chi connectivity index (χ4n) is 0.856. The topological polar surface area (TPSA) is 63.6 Å². The lowest BCUT2D eigenvalue weighted by Crippen LogP contribution is -2.44. The Bertz CT molecular complexity index is 356. The molecule has 0 saturated heterocycles. The average Bonchev–Trinajstić information content (AvgIpc) is 2.23. The van der Waals surface area contributed by atoms with Crippen LogP contribution in [-0.2, 0) is 20.6 Å². The molecular weight excluding hydrogens is 280 g/mol. The maximum absolute atomic E-state index is 12.9. The number of esters is 1. The number of carbonyl (C=O) groups is 1. The zero-order valence-electron chi connectivity index (χ0n) is 9.42. The van der Waals surface area contributed by atoms with E-state index in [9.17, 15) is 26.6 Å². The number of hydrogen-bond acceptors (Lipinski definition) is 3. The zero-order chi connectivity index (χ0) is 14.6. The molecule has 0 fully saturated rings. The molecule has 1 unspecified atom stereocenters. The van der Waals surface area contributed by atoms with Gasteiger partial charge in [0.1, 0.15) is 0 Å². The van der Waals surface area contributed by atoms with Crippen LogP contribution in [0, 0.1) is 0 Å². The SMILES string of the molecule is C=C(C)C(=O)OCCCC(F)(F)C(F)(F)S(=O)O. The predicted octanol–water partition coefficient (Wildman–Crippen LogP) is 2.34. The molecule has 0 spiro atoms. The predicted molar refractivity (Wildman–Crippen MR) is 55.7 cm³/mol. The maximum atomic E-state index is 12.9. The Labute approximate surface area is 103 Å². The molecule has 0 saturated carbocycles. The van der Waals surface area contributed by atoms with Crippen molar-refractivity contribution >= 4 is 17.0 Å². The highest BCUT2D eigenvalue weighted by atomic mass is 32.2. The summed E-state index contributed by atoms with van der Waals surface area (Å²) in [7, 11) is 0. The van der Waals surface area contributed by atoms with Gasteiger partial charge in [0.15, 0.2) is 0 Å². The summed E-state index contributed by atoms with van der Waals surface area (Å²) in [6.45, 7) is 4.06. The molecule has 0 rings (SSSR count). The first-order chi connectivity index (χ1) is 8.02. The minimum absolute atomic E-state index is 0.0450. The molecule has 18 heavy (non-hydrogen) atoms. The van der Waals surface area contributed by atoms with Gasteiger partial charge < -0.3 is 9.29 Å². The number of alkyl halides is 4. The van der Waals surface area contributed by atoms with Crippen LogP contribution >= 0.6 is 0 Å². The molecule has 0 aromatic rings. The van der Waals surface area contributed by atoms with E-state index in [1.54, 1.807) is 0 Å². The van der Waals surface area contributed by atoms with E-state index in [0.717, 1.165) is 0 Å². The largest absolute Gasteiger partial charge is 0.462 e. The molecule has 4 nitrogen and oxygen atoms in total. The van der Waals surface area contributed by atoms with Gasteiger partial charge in [-0.2, -0.15) is 17.6 Å². The number of rotatable bonds is 7. The van der Waals surface area contributed by atoms with Gasteiger partial charge in [-0.25, -0.2) is 9.00 Å². The standard InChI is InChI=1S/C9H12F4O4S/c1-6(2)7(14)17-5-3-4-8(10,11)9(12,13)18(15)16/h1,3-5H2,2H3,(H,15,16). The smallest absolute Gasteiger partial charge is 0.406 e. The highest BCUT2D eigenvalue weighted by Gasteiger charge is 2.60. The van der Waals surface area contributed by atoms with Crippen molar-refractivity contribution in [3.05, 3.63) is 12.2 Å². The third kappa shape index (κ3) is 4.37. The van der Waals surface area contributed by atoms with E-state index in [4.69, 9.17) is 4.55 Å². The number of ether oxygens (including phenoxy) is 1. The second-order valence-electron chi connectivity index (χ2n) is 3.49. The molecule has 0 aliphatic carbocycles. The van der Waals surface area contributed by atoms with Crippen LogP contribution in [0.2, 0.25) is 0 Å². The van der Waals surface area contributed by atoms with Crippen molar-refractivity contribution in [2.24, 2.45) is 0 Å². The second-order valence-corrected chi connectivity index (χ2v) is 4.50. The number of halogens is 4. The van der Waals surface area contributed by atoms with Crippen LogP contribution in [0.15, 0.2) is 12.2 Å². The number of hydrogen-bond donors (Lipinski definition) is 1. The lowest BCUT2D eigenvalue weighted by Gasteiger charge is -2.23. The molecule has 0 aliphatic rings. The summed E-state index contributed by atoms with van der Waals surface area (Å²) >= 11 is -3.97. The Hall–Kier alpha value is -0.960. The molecule has 0 aliphatic heterocycles. The van der Waals surface area contributed by atoms with E-state index in [-0.39, 0.29) is 5.57 Å². The Balaban J connectivity index is 4.25. The summed E-state index contributed by atoms with van der Waals surface area (Å²) in [5, 5.41) is -5.04. The monoisotopic (exact) mass is 292 g/mol. The molecule has 9 heteroatoms. The third-order valence-corrected chi connectivity index (χ3v) is 2.60. The van der Waals surface area contributed by atoms with Crippen molar-refractivity contribution < 1.29 is 35.9 Å². The van der Waals surface area contributed by atoms with Gasteiger partial charge in [0.05, 0.1) is 6.61 Å². The van der Waals surface area contributed by atoms with E-state index < -0.39 is 47.7 Å². The van der Waals surface area contributed by atoms with Crippen LogP contribution in [0.4, 0.5) is 17.6 Å². The highest BCUT2D eigenvalue weighted by molar-refractivity contribution is 7.80. The Morgan fingerprint density at radius 2 is 1.89 bits per heavy atom. The van der Waals surface area contributed by atoms with Crippen molar-refractivity contribution in [2.75, 3.05) is 6.61 Å². The second kappa shape index (κ2) is 6.28. The molecule has 0 amide bonds. The Morgan fingerprint density at radius 3 is 2.28 bits per heavy atom. The van der Waals surface area contributed by atoms with Gasteiger partial charge in [-0.3, -0.25) is 0 Å². The van der Waals surface area contributed by atoms with Crippen molar-refractivity contribution in [1.82, 2.24) is 0 Å². The third-order valence-electron chi connectivity index (χ3n) is 1.86. The zero-order valence-corrected chi connectivity index (χ0v) is 10.2. The highest BCUT2D eigenvalue weighted by Crippen LogP contribution is 2.39. The van der Waals surface area contributed by atoms with Crippen LogP contribution in [0.3, 0.4) is 0 Å². The van der Waals surface area contributed by atoms with Crippen LogP contribution in [0.25, 0.3) is 0 Å². The first-order valence-corrected chi connectivity index (χ1v) is 5.82. The van der Waals surface area contributed by atoms with Gasteiger partial charge in [0.2, 0.25) is 11.1 Å². The first kappa shape index (κ1) is 17.0. The quantitative estimate of drug-likeness (QED) is 0.257. The van der Waals surface area contributed by atoms with Crippen LogP contribution in [0.5, 0.6) is 0 Å². The maximum Gasteiger partial charge on any atom is 0.406 e. The molecule has 1 atom stereocenters. The van der Waals surface area contributed by atoms with Crippen molar-refractivity contribution in [3.8, 4) is 0 Å². The van der Waals surface area contributed by atoms with Crippen LogP contribution in [0.1, 0.15) is 19.8 Å². The van der Waals surface area contributed by atoms with Gasteiger partial charge in [0.25, 0.3) is 0 Å². The molecule has 0 heterocycles. The molecule has 0 radical (unpaired) electrons. The van der Waals surface area contributed by atoms with Crippen molar-refractivity contribution in [2.45, 2.75) is 30.9 Å². The summed E-state index contributed by atoms with van der Waals surface area (Å²) in [6.07, 6.45) is -1.95. The van der Waals surface area contributed by atoms with Crippen molar-refractivity contribution in [1.29, 1.82) is 0 Å². The van der Waals surface area contributed by atoms with E-state index in [1.807, 2.05) is 0 Å². The Morgan fingerprint density at radius 1 is 1.39 bits per heavy atom. The van der Waals surface area contributed by atoms with Gasteiger partial charge in [-0.05, 0) is 13.3 Å². The average molecular weight is 292 g/mol. The van der Waals surface area contributed by atoms with Crippen LogP contribution < -0.4 is 0 Å². The first-order valence-electron chi connectivity index (χ1n) is 4.71. The summed E-state index contributed by atoms with van der Waals surface area (Å²) in [5.74, 6) is -5.47. The normalized spacial score (nSPS) is 14.1. The molecule has 0 bridgehead atoms. The van der Waals surface area contributed by atoms with E-state index in [2.05, 4.69) is 11.3 Å². The summed E-state index contributed by atoms with van der Waals surface area (Å²) in [5.41, 5.74) is 0.0450. The number of carbonyl (C=O) groups excluding carboxylic acids is 1. The molecular formula is C9H12F4O4S. The van der Waals surface area contributed by atoms with Gasteiger partial charge in [-0.1, -0.05) is 6.58 Å². The van der Waals surface area contributed by atoms with Crippen molar-refractivity contribution in [3.63, 3.8) is 0 Å². The van der Waals surface area contributed by atoms with Gasteiger partial charge in [0, 0.05) is 12.0 Å². The van der Waals surface area contributed by atoms with E-state index in [0.29, 0.717) is 0 Å². The van der Waals surface area contributed by atoms with E-state index in [1.165, 1.54) is 6.92 Å². The van der Waals surface area contributed by atoms with Gasteiger partial charge >= 0.3 is 17.1 Å². The summed E-state index contributed by atoms with van der Waals surface area (Å²) in [6, 6.07) is 0. The molecule has 1 N–H and O–H groups in total. The van der Waals surface area contributed by atoms with Crippen LogP contribution in [-0.4, -0.2) is 32.5 Å². The van der Waals surface area contributed by atoms with E-state index >= 15 is 0 Å². The molecule has 106 valence electrons. The fourth-order valence-corrected chi connectivity index (χ4v) is 1.21. The minimum Gasteiger partial charge on any atom is -0.462 e. The Kier molecular flexibility index (Phi) is 5.94. The summed E-state index contributed by atoms with van der Waals surface area (Å²) < 4.78 is 73.6. The molecule has 0 aromatic heterocycles. The fraction of sp³-hybridized carbons (Fsp3) is 0.667. The lowest BCUT2D eigenvalue weighted by atomic mass is 10.2. The summed E-state index contributed by atoms with van der Waals surface area (Å²) in [4.78, 5) is 10.8. The minimum atomic E-state index is -5.04.